The molecule has 2 aromatic rings. The van der Waals surface area contributed by atoms with Crippen molar-refractivity contribution in [2.24, 2.45) is 11.8 Å². The van der Waals surface area contributed by atoms with Crippen LogP contribution in [0.25, 0.3) is 0 Å². The Morgan fingerprint density at radius 1 is 0.731 bits per heavy atom. The molecule has 2 aliphatic heterocycles. The van der Waals surface area contributed by atoms with Crippen LogP contribution in [0.5, 0.6) is 0 Å². The van der Waals surface area contributed by atoms with E-state index in [2.05, 4.69) is 21.3 Å². The largest absolute Gasteiger partial charge is 0.379 e. The van der Waals surface area contributed by atoms with Gasteiger partial charge in [-0.05, 0) is 55.6 Å². The number of nitrogens with zero attached hydrogens (tertiary/aromatic N) is 1. The van der Waals surface area contributed by atoms with Crippen LogP contribution in [0.3, 0.4) is 0 Å². The van der Waals surface area contributed by atoms with Crippen LogP contribution in [0.2, 0.25) is 0 Å². The number of epoxide rings is 1. The first-order chi connectivity index (χ1) is 27.0. The highest BCUT2D eigenvalue weighted by atomic mass is 16.6. The number of carbonyl (C=O) groups excluding carboxylic acids is 5. The van der Waals surface area contributed by atoms with E-state index in [4.69, 9.17) is 17.7 Å². The van der Waals surface area contributed by atoms with Crippen LogP contribution >= 0.6 is 0 Å². The van der Waals surface area contributed by atoms with E-state index in [9.17, 15) is 24.0 Å². The van der Waals surface area contributed by atoms with E-state index in [0.717, 1.165) is 10.5 Å². The smallest absolute Gasteiger partial charge is 0.243 e. The molecule has 0 bridgehead atoms. The fourth-order valence-corrected chi connectivity index (χ4v) is 5.87. The molecule has 0 aliphatic carbocycles. The molecule has 284 valence electrons. The number of morpholine rings is 1. The number of hydrogen-bond donors (Lipinski definition) is 4. The molecular weight excluding hydrogens is 662 g/mol. The van der Waals surface area contributed by atoms with E-state index < -0.39 is 98.5 Å². The van der Waals surface area contributed by atoms with Gasteiger partial charge in [-0.1, -0.05) is 88.4 Å². The number of aryl methyl sites for hydroxylation is 1. The van der Waals surface area contributed by atoms with Crippen molar-refractivity contribution in [2.45, 2.75) is 96.5 Å². The molecule has 2 heterocycles. The molecule has 2 fully saturated rings. The first-order valence-corrected chi connectivity index (χ1v) is 17.9. The fourth-order valence-electron chi connectivity index (χ4n) is 5.87. The van der Waals surface area contributed by atoms with Gasteiger partial charge in [-0.2, -0.15) is 0 Å². The van der Waals surface area contributed by atoms with E-state index in [-0.39, 0.29) is 37.5 Å². The number of Topliss-reactive ketones (excluding diaryl/α,β-unsaturated/α-hetero) is 1. The van der Waals surface area contributed by atoms with Crippen molar-refractivity contribution in [2.75, 3.05) is 39.3 Å². The fraction of sp³-hybridized carbons (Fsp3) is 0.575. The number of carbonyl (C=O) groups is 5. The van der Waals surface area contributed by atoms with Crippen LogP contribution in [0, 0.1) is 11.8 Å². The van der Waals surface area contributed by atoms with Crippen molar-refractivity contribution in [3.63, 3.8) is 0 Å². The van der Waals surface area contributed by atoms with E-state index >= 15 is 0 Å². The number of benzene rings is 2. The number of ether oxygens (including phenoxy) is 2. The van der Waals surface area contributed by atoms with Crippen molar-refractivity contribution in [1.29, 1.82) is 0 Å². The lowest BCUT2D eigenvalue weighted by molar-refractivity contribution is -0.135. The predicted octanol–water partition coefficient (Wildman–Crippen LogP) is 2.58. The standard InChI is InChI=1S/C40H57N5O7/c1-27(2)22-32(36(47)40(5)26-52-40)42-39(50)34(24-30-14-10-7-11-15-30)44-38(49)33(23-28(3)4)43-37(48)31(17-16-29-12-8-6-9-13-29)41-35(46)25-45-18-20-51-21-19-45/h6-15,27-28,31-34H,16-26H2,1-5H3,(H,41,46)(H,42,50)(H,43,48)(H,44,49)/t31-,32-,33-,34-,40+/m0/s1/i18D2,19D2,26D2. The number of amides is 4. The molecular formula is C40H57N5O7. The van der Waals surface area contributed by atoms with Crippen LogP contribution in [-0.2, 0) is 46.3 Å². The maximum absolute atomic E-state index is 14.2. The van der Waals surface area contributed by atoms with Gasteiger partial charge in [0.05, 0.1) is 35.1 Å². The van der Waals surface area contributed by atoms with Crippen LogP contribution in [0.15, 0.2) is 60.7 Å². The summed E-state index contributed by atoms with van der Waals surface area (Å²) in [5.74, 6) is -3.72. The Labute approximate surface area is 316 Å². The zero-order valence-electron chi connectivity index (χ0n) is 36.7. The molecule has 4 rings (SSSR count). The molecule has 2 aromatic carbocycles. The summed E-state index contributed by atoms with van der Waals surface area (Å²) in [6.45, 7) is 0.341. The van der Waals surface area contributed by atoms with Crippen LogP contribution in [0.4, 0.5) is 0 Å². The Morgan fingerprint density at radius 2 is 1.23 bits per heavy atom. The molecule has 4 amide bonds. The average Bonchev–Trinajstić information content (AvgIpc) is 3.67. The molecule has 2 saturated heterocycles. The van der Waals surface area contributed by atoms with Gasteiger partial charge in [0.2, 0.25) is 23.6 Å². The molecule has 0 saturated carbocycles. The molecule has 2 aliphatic rings. The predicted molar refractivity (Wildman–Crippen MR) is 198 cm³/mol. The molecule has 0 unspecified atom stereocenters. The molecule has 5 atom stereocenters. The molecule has 12 heteroatoms. The summed E-state index contributed by atoms with van der Waals surface area (Å²) in [4.78, 5) is 70.0. The third kappa shape index (κ3) is 13.1. The minimum atomic E-state index is -2.30. The molecule has 52 heavy (non-hydrogen) atoms. The SMILES string of the molecule is [2H]C1([2H])COCC([2H])([2H])N1CC(=O)N[C@@H](CCc1ccccc1)C(=O)N[C@@H](CC(C)C)C(=O)N[C@@H](Cc1ccccc1)C(=O)N[C@@H](CC(C)C)C(=O)[C@]1(C)OC1([2H])[2H]. The lowest BCUT2D eigenvalue weighted by Crippen LogP contribution is -2.59. The van der Waals surface area contributed by atoms with Crippen LogP contribution in [0.1, 0.15) is 73.2 Å². The first kappa shape index (κ1) is 32.5. The van der Waals surface area contributed by atoms with Gasteiger partial charge in [0.15, 0.2) is 5.78 Å². The van der Waals surface area contributed by atoms with Gasteiger partial charge < -0.3 is 30.7 Å². The van der Waals surface area contributed by atoms with E-state index in [0.29, 0.717) is 12.0 Å². The lowest BCUT2D eigenvalue weighted by atomic mass is 9.93. The topological polar surface area (TPSA) is 158 Å². The third-order valence-corrected chi connectivity index (χ3v) is 8.71. The maximum Gasteiger partial charge on any atom is 0.243 e. The van der Waals surface area contributed by atoms with E-state index in [1.54, 1.807) is 30.3 Å². The highest BCUT2D eigenvalue weighted by Crippen LogP contribution is 2.29. The van der Waals surface area contributed by atoms with Gasteiger partial charge in [0.1, 0.15) is 23.7 Å². The lowest BCUT2D eigenvalue weighted by Gasteiger charge is -2.29. The van der Waals surface area contributed by atoms with Crippen LogP contribution < -0.4 is 21.3 Å². The number of ketones is 1. The summed E-state index contributed by atoms with van der Waals surface area (Å²) >= 11 is 0. The second-order valence-corrected chi connectivity index (χ2v) is 14.3. The van der Waals surface area contributed by atoms with Crippen molar-refractivity contribution in [1.82, 2.24) is 26.2 Å². The van der Waals surface area contributed by atoms with Crippen molar-refractivity contribution in [3.8, 4) is 0 Å². The first-order valence-electron chi connectivity index (χ1n) is 20.9. The summed E-state index contributed by atoms with van der Waals surface area (Å²) in [6.07, 6.45) is 0.792. The van der Waals surface area contributed by atoms with E-state index in [1.807, 2.05) is 58.0 Å². The van der Waals surface area contributed by atoms with Crippen LogP contribution in [-0.4, -0.2) is 103 Å². The van der Waals surface area contributed by atoms with Crippen molar-refractivity contribution >= 4 is 29.4 Å². The van der Waals surface area contributed by atoms with Gasteiger partial charge in [-0.25, -0.2) is 0 Å². The zero-order valence-corrected chi connectivity index (χ0v) is 30.7. The Balaban J connectivity index is 1.56. The van der Waals surface area contributed by atoms with Gasteiger partial charge in [-0.3, -0.25) is 28.9 Å². The highest BCUT2D eigenvalue weighted by molar-refractivity contribution is 5.98. The molecule has 12 nitrogen and oxygen atoms in total. The van der Waals surface area contributed by atoms with Gasteiger partial charge >= 0.3 is 0 Å². The molecule has 4 N–H and O–H groups in total. The summed E-state index contributed by atoms with van der Waals surface area (Å²) < 4.78 is 59.1. The minimum absolute atomic E-state index is 0.0240. The summed E-state index contributed by atoms with van der Waals surface area (Å²) in [5.41, 5.74) is -0.170. The summed E-state index contributed by atoms with van der Waals surface area (Å²) in [5, 5.41) is 10.9. The monoisotopic (exact) mass is 725 g/mol. The molecule has 0 spiro atoms. The highest BCUT2D eigenvalue weighted by Gasteiger charge is 2.50. The van der Waals surface area contributed by atoms with Crippen molar-refractivity contribution < 1.29 is 41.7 Å². The normalized spacial score (nSPS) is 24.2. The summed E-state index contributed by atoms with van der Waals surface area (Å²) in [6, 6.07) is 13.4. The third-order valence-electron chi connectivity index (χ3n) is 8.71. The minimum Gasteiger partial charge on any atom is -0.379 e. The maximum atomic E-state index is 14.2. The van der Waals surface area contributed by atoms with Gasteiger partial charge in [0.25, 0.3) is 0 Å². The second-order valence-electron chi connectivity index (χ2n) is 14.3. The number of rotatable bonds is 20. The molecule has 0 radical (unpaired) electrons. The number of nitrogens with one attached hydrogen (secondary N) is 4. The quantitative estimate of drug-likeness (QED) is 0.152. The number of hydrogen-bond acceptors (Lipinski definition) is 8. The van der Waals surface area contributed by atoms with Gasteiger partial charge in [0, 0.05) is 24.9 Å². The second kappa shape index (κ2) is 19.6. The Hall–Kier alpha value is -4.13. The molecule has 0 aromatic heterocycles. The Kier molecular flexibility index (Phi) is 12.3. The Bertz CT molecular complexity index is 1740. The van der Waals surface area contributed by atoms with Gasteiger partial charge in [-0.15, -0.1) is 0 Å². The van der Waals surface area contributed by atoms with E-state index in [1.165, 1.54) is 6.92 Å². The van der Waals surface area contributed by atoms with Crippen molar-refractivity contribution in [3.05, 3.63) is 71.8 Å². The average molecular weight is 726 g/mol. The summed E-state index contributed by atoms with van der Waals surface area (Å²) in [7, 11) is 0. The Morgan fingerprint density at radius 3 is 1.81 bits per heavy atom. The zero-order chi connectivity index (χ0) is 43.1.